The molecule has 92 valence electrons. The molecule has 2 saturated carbocycles. The SMILES string of the molecule is Fc1cccc(Cl)c1CC(Cl)C1C2CCCC21. The van der Waals surface area contributed by atoms with Gasteiger partial charge in [-0.1, -0.05) is 24.1 Å². The molecule has 1 aromatic carbocycles. The lowest BCUT2D eigenvalue weighted by atomic mass is 10.0. The third-order valence-electron chi connectivity index (χ3n) is 4.35. The number of hydrogen-bond acceptors (Lipinski definition) is 0. The molecule has 3 heteroatoms. The fourth-order valence-electron chi connectivity index (χ4n) is 3.47. The van der Waals surface area contributed by atoms with Crippen LogP contribution in [0.15, 0.2) is 18.2 Å². The van der Waals surface area contributed by atoms with Gasteiger partial charge < -0.3 is 0 Å². The molecule has 0 amide bonds. The second-order valence-electron chi connectivity index (χ2n) is 5.26. The van der Waals surface area contributed by atoms with E-state index in [1.807, 2.05) is 0 Å². The molecule has 0 N–H and O–H groups in total. The summed E-state index contributed by atoms with van der Waals surface area (Å²) in [5.41, 5.74) is 0.583. The Labute approximate surface area is 111 Å². The Balaban J connectivity index is 1.71. The van der Waals surface area contributed by atoms with Gasteiger partial charge in [0, 0.05) is 16.0 Å². The molecule has 2 aliphatic carbocycles. The molecular formula is C14H15Cl2F. The van der Waals surface area contributed by atoms with Crippen LogP contribution in [0.2, 0.25) is 5.02 Å². The molecule has 0 radical (unpaired) electrons. The molecule has 3 unspecified atom stereocenters. The minimum atomic E-state index is -0.228. The summed E-state index contributed by atoms with van der Waals surface area (Å²) < 4.78 is 13.6. The Morgan fingerprint density at radius 1 is 1.29 bits per heavy atom. The lowest BCUT2D eigenvalue weighted by Crippen LogP contribution is -2.11. The average molecular weight is 273 g/mol. The first-order valence-corrected chi connectivity index (χ1v) is 7.07. The van der Waals surface area contributed by atoms with E-state index in [1.165, 1.54) is 25.3 Å². The van der Waals surface area contributed by atoms with Crippen LogP contribution in [0.4, 0.5) is 4.39 Å². The Morgan fingerprint density at radius 2 is 2.00 bits per heavy atom. The molecule has 0 heterocycles. The monoisotopic (exact) mass is 272 g/mol. The number of halogens is 3. The van der Waals surface area contributed by atoms with E-state index in [1.54, 1.807) is 12.1 Å². The summed E-state index contributed by atoms with van der Waals surface area (Å²) in [6.07, 6.45) is 4.52. The van der Waals surface area contributed by atoms with Crippen LogP contribution in [0.3, 0.4) is 0 Å². The number of benzene rings is 1. The molecule has 3 rings (SSSR count). The van der Waals surface area contributed by atoms with Gasteiger partial charge in [-0.05, 0) is 49.1 Å². The predicted octanol–water partition coefficient (Wildman–Crippen LogP) is 4.68. The van der Waals surface area contributed by atoms with Gasteiger partial charge in [-0.3, -0.25) is 0 Å². The largest absolute Gasteiger partial charge is 0.207 e. The molecule has 0 spiro atoms. The highest BCUT2D eigenvalue weighted by Gasteiger charge is 2.55. The van der Waals surface area contributed by atoms with E-state index >= 15 is 0 Å². The summed E-state index contributed by atoms with van der Waals surface area (Å²) in [5, 5.41) is 0.543. The predicted molar refractivity (Wildman–Crippen MR) is 69.1 cm³/mol. The fourth-order valence-corrected chi connectivity index (χ4v) is 4.24. The van der Waals surface area contributed by atoms with Crippen molar-refractivity contribution in [2.75, 3.05) is 0 Å². The number of alkyl halides is 1. The molecular weight excluding hydrogens is 258 g/mol. The Hall–Kier alpha value is -0.270. The Morgan fingerprint density at radius 3 is 2.65 bits per heavy atom. The molecule has 17 heavy (non-hydrogen) atoms. The van der Waals surface area contributed by atoms with Gasteiger partial charge in [0.15, 0.2) is 0 Å². The van der Waals surface area contributed by atoms with Gasteiger partial charge in [-0.2, -0.15) is 0 Å². The third kappa shape index (κ3) is 2.08. The van der Waals surface area contributed by atoms with Crippen LogP contribution in [0.5, 0.6) is 0 Å². The smallest absolute Gasteiger partial charge is 0.127 e. The van der Waals surface area contributed by atoms with Crippen LogP contribution >= 0.6 is 23.2 Å². The van der Waals surface area contributed by atoms with Crippen LogP contribution in [-0.4, -0.2) is 5.38 Å². The highest BCUT2D eigenvalue weighted by atomic mass is 35.5. The van der Waals surface area contributed by atoms with Crippen LogP contribution < -0.4 is 0 Å². The summed E-state index contributed by atoms with van der Waals surface area (Å²) in [6, 6.07) is 4.83. The summed E-state index contributed by atoms with van der Waals surface area (Å²) in [7, 11) is 0. The van der Waals surface area contributed by atoms with Crippen molar-refractivity contribution in [3.05, 3.63) is 34.6 Å². The second kappa shape index (κ2) is 4.44. The van der Waals surface area contributed by atoms with E-state index in [9.17, 15) is 4.39 Å². The van der Waals surface area contributed by atoms with Gasteiger partial charge in [0.25, 0.3) is 0 Å². The highest BCUT2D eigenvalue weighted by Crippen LogP contribution is 2.60. The van der Waals surface area contributed by atoms with E-state index in [-0.39, 0.29) is 11.2 Å². The first-order valence-electron chi connectivity index (χ1n) is 6.25. The van der Waals surface area contributed by atoms with Gasteiger partial charge in [-0.25, -0.2) is 4.39 Å². The standard InChI is InChI=1S/C14H15Cl2F/c15-11-5-2-6-13(17)10(11)7-12(16)14-8-3-1-4-9(8)14/h2,5-6,8-9,12,14H,1,3-4,7H2. The van der Waals surface area contributed by atoms with Crippen LogP contribution in [-0.2, 0) is 6.42 Å². The molecule has 2 aliphatic rings. The van der Waals surface area contributed by atoms with Crippen molar-refractivity contribution in [1.82, 2.24) is 0 Å². The minimum Gasteiger partial charge on any atom is -0.207 e. The van der Waals surface area contributed by atoms with Crippen molar-refractivity contribution in [3.63, 3.8) is 0 Å². The van der Waals surface area contributed by atoms with E-state index < -0.39 is 0 Å². The van der Waals surface area contributed by atoms with Crippen molar-refractivity contribution in [2.24, 2.45) is 17.8 Å². The molecule has 3 atom stereocenters. The van der Waals surface area contributed by atoms with Gasteiger partial charge in [0.1, 0.15) is 5.82 Å². The quantitative estimate of drug-likeness (QED) is 0.702. The molecule has 0 nitrogen and oxygen atoms in total. The summed E-state index contributed by atoms with van der Waals surface area (Å²) in [4.78, 5) is 0. The van der Waals surface area contributed by atoms with Crippen molar-refractivity contribution in [1.29, 1.82) is 0 Å². The average Bonchev–Trinajstić information content (AvgIpc) is 2.78. The van der Waals surface area contributed by atoms with Gasteiger partial charge >= 0.3 is 0 Å². The third-order valence-corrected chi connectivity index (χ3v) is 5.15. The van der Waals surface area contributed by atoms with E-state index in [0.29, 0.717) is 22.9 Å². The van der Waals surface area contributed by atoms with E-state index in [2.05, 4.69) is 0 Å². The maximum atomic E-state index is 13.6. The Kier molecular flexibility index (Phi) is 3.08. The van der Waals surface area contributed by atoms with Gasteiger partial charge in [0.2, 0.25) is 0 Å². The van der Waals surface area contributed by atoms with Crippen molar-refractivity contribution in [3.8, 4) is 0 Å². The zero-order chi connectivity index (χ0) is 12.0. The second-order valence-corrected chi connectivity index (χ2v) is 6.22. The lowest BCUT2D eigenvalue weighted by Gasteiger charge is -2.13. The van der Waals surface area contributed by atoms with E-state index in [4.69, 9.17) is 23.2 Å². The maximum Gasteiger partial charge on any atom is 0.127 e. The fraction of sp³-hybridized carbons (Fsp3) is 0.571. The van der Waals surface area contributed by atoms with E-state index in [0.717, 1.165) is 11.8 Å². The summed E-state index contributed by atoms with van der Waals surface area (Å²) in [5.74, 6) is 1.99. The number of rotatable bonds is 3. The normalized spacial score (nSPS) is 32.3. The topological polar surface area (TPSA) is 0 Å². The molecule has 0 aliphatic heterocycles. The molecule has 0 aromatic heterocycles. The van der Waals surface area contributed by atoms with Crippen molar-refractivity contribution < 1.29 is 4.39 Å². The van der Waals surface area contributed by atoms with Crippen LogP contribution in [0, 0.1) is 23.6 Å². The highest BCUT2D eigenvalue weighted by molar-refractivity contribution is 6.31. The van der Waals surface area contributed by atoms with Gasteiger partial charge in [-0.15, -0.1) is 11.6 Å². The molecule has 1 aromatic rings. The van der Waals surface area contributed by atoms with Crippen molar-refractivity contribution >= 4 is 23.2 Å². The zero-order valence-electron chi connectivity index (χ0n) is 9.50. The lowest BCUT2D eigenvalue weighted by molar-refractivity contribution is 0.545. The Bertz CT molecular complexity index is 402. The first-order chi connectivity index (χ1) is 8.18. The summed E-state index contributed by atoms with van der Waals surface area (Å²) in [6.45, 7) is 0. The first kappa shape index (κ1) is 11.8. The zero-order valence-corrected chi connectivity index (χ0v) is 11.0. The molecule has 2 fully saturated rings. The van der Waals surface area contributed by atoms with Crippen molar-refractivity contribution in [2.45, 2.75) is 31.1 Å². The summed E-state index contributed by atoms with van der Waals surface area (Å²) >= 11 is 12.5. The molecule has 0 bridgehead atoms. The number of fused-ring (bicyclic) bond motifs is 1. The molecule has 0 saturated heterocycles. The number of hydrogen-bond donors (Lipinski definition) is 0. The van der Waals surface area contributed by atoms with Crippen LogP contribution in [0.1, 0.15) is 24.8 Å². The maximum absolute atomic E-state index is 13.6. The van der Waals surface area contributed by atoms with Crippen LogP contribution in [0.25, 0.3) is 0 Å². The van der Waals surface area contributed by atoms with Gasteiger partial charge in [0.05, 0.1) is 0 Å². The minimum absolute atomic E-state index is 0.0414.